The first-order chi connectivity index (χ1) is 16.2. The number of hydrogen-bond donors (Lipinski definition) is 2. The molecule has 0 saturated heterocycles. The minimum Gasteiger partial charge on any atom is -0.302 e. The number of carbonyl (C=O) groups is 1. The average Bonchev–Trinajstić information content (AvgIpc) is 3.43. The molecule has 1 amide bonds. The highest BCUT2D eigenvalue weighted by molar-refractivity contribution is 7.92. The van der Waals surface area contributed by atoms with E-state index in [2.05, 4.69) is 15.0 Å². The second kappa shape index (κ2) is 9.95. The van der Waals surface area contributed by atoms with Gasteiger partial charge in [-0.05, 0) is 74.1 Å². The molecule has 1 heterocycles. The van der Waals surface area contributed by atoms with Gasteiger partial charge < -0.3 is 5.32 Å². The van der Waals surface area contributed by atoms with Gasteiger partial charge in [0.25, 0.3) is 10.0 Å². The lowest BCUT2D eigenvalue weighted by Gasteiger charge is -2.12. The summed E-state index contributed by atoms with van der Waals surface area (Å²) in [6.45, 7) is 3.59. The zero-order chi connectivity index (χ0) is 24.3. The van der Waals surface area contributed by atoms with Gasteiger partial charge in [-0.3, -0.25) is 9.52 Å². The highest BCUT2D eigenvalue weighted by atomic mass is 32.2. The molecular weight excluding hydrogens is 468 g/mol. The number of benzene rings is 2. The summed E-state index contributed by atoms with van der Waals surface area (Å²) in [4.78, 5) is 17.9. The third-order valence-corrected chi connectivity index (χ3v) is 8.64. The second-order valence-corrected chi connectivity index (χ2v) is 11.3. The van der Waals surface area contributed by atoms with Gasteiger partial charge in [0.1, 0.15) is 0 Å². The summed E-state index contributed by atoms with van der Waals surface area (Å²) >= 11 is 1.34. The maximum atomic E-state index is 13.1. The average molecular weight is 495 g/mol. The van der Waals surface area contributed by atoms with Gasteiger partial charge in [-0.15, -0.1) is 0 Å². The van der Waals surface area contributed by atoms with Gasteiger partial charge in [0.2, 0.25) is 5.91 Å². The number of nitriles is 1. The zero-order valence-electron chi connectivity index (χ0n) is 19.1. The number of nitrogens with zero attached hydrogens (tertiary/aromatic N) is 2. The minimum absolute atomic E-state index is 0.0222. The van der Waals surface area contributed by atoms with Gasteiger partial charge in [0.15, 0.2) is 5.13 Å². The number of hydrogen-bond acceptors (Lipinski definition) is 6. The highest BCUT2D eigenvalue weighted by Gasteiger charge is 2.22. The van der Waals surface area contributed by atoms with Gasteiger partial charge in [-0.1, -0.05) is 36.3 Å². The first kappa shape index (κ1) is 23.9. The Balaban J connectivity index is 1.55. The Kier molecular flexibility index (Phi) is 7.00. The molecule has 2 N–H and O–H groups in total. The van der Waals surface area contributed by atoms with Crippen molar-refractivity contribution in [3.8, 4) is 16.5 Å². The molecule has 0 bridgehead atoms. The van der Waals surface area contributed by atoms with Crippen molar-refractivity contribution in [3.63, 3.8) is 0 Å². The van der Waals surface area contributed by atoms with Crippen LogP contribution in [0.1, 0.15) is 48.9 Å². The molecule has 7 nitrogen and oxygen atoms in total. The number of anilines is 2. The van der Waals surface area contributed by atoms with Crippen LogP contribution in [0.3, 0.4) is 0 Å². The van der Waals surface area contributed by atoms with Crippen LogP contribution in [0.4, 0.5) is 10.8 Å². The number of thiazole rings is 1. The molecule has 1 aromatic heterocycles. The molecule has 34 heavy (non-hydrogen) atoms. The fraction of sp³-hybridized carbons (Fsp3) is 0.320. The van der Waals surface area contributed by atoms with Gasteiger partial charge in [-0.2, -0.15) is 5.26 Å². The number of carbonyl (C=O) groups excluding carboxylic acids is 1. The van der Waals surface area contributed by atoms with Crippen molar-refractivity contribution in [1.29, 1.82) is 5.26 Å². The van der Waals surface area contributed by atoms with Crippen molar-refractivity contribution in [2.75, 3.05) is 10.0 Å². The van der Waals surface area contributed by atoms with Gasteiger partial charge >= 0.3 is 0 Å². The number of aromatic nitrogens is 1. The monoisotopic (exact) mass is 494 g/mol. The fourth-order valence-corrected chi connectivity index (χ4v) is 6.53. The molecule has 2 aromatic carbocycles. The van der Waals surface area contributed by atoms with Crippen molar-refractivity contribution < 1.29 is 13.2 Å². The molecule has 9 heteroatoms. The third-order valence-electron chi connectivity index (χ3n) is 6.00. The van der Waals surface area contributed by atoms with Crippen LogP contribution in [-0.4, -0.2) is 19.3 Å². The number of aryl methyl sites for hydroxylation is 2. The summed E-state index contributed by atoms with van der Waals surface area (Å²) in [5.74, 6) is 0.431. The number of nitrogens with one attached hydrogen (secondary N) is 2. The van der Waals surface area contributed by atoms with Crippen LogP contribution in [0.5, 0.6) is 0 Å². The van der Waals surface area contributed by atoms with E-state index in [9.17, 15) is 13.2 Å². The molecule has 0 unspecified atom stereocenters. The Morgan fingerprint density at radius 1 is 1.15 bits per heavy atom. The van der Waals surface area contributed by atoms with E-state index in [1.807, 2.05) is 19.1 Å². The minimum atomic E-state index is -3.85. The van der Waals surface area contributed by atoms with E-state index in [1.165, 1.54) is 24.2 Å². The predicted octanol–water partition coefficient (Wildman–Crippen LogP) is 5.62. The molecule has 176 valence electrons. The molecule has 3 aromatic rings. The Labute approximate surface area is 203 Å². The van der Waals surface area contributed by atoms with Gasteiger partial charge in [0.05, 0.1) is 27.1 Å². The first-order valence-corrected chi connectivity index (χ1v) is 13.5. The standard InChI is InChI=1S/C25H26N4O3S2/c1-16-7-10-20(14-22(16)34(31,32)29-21-11-8-19(15-26)9-12-21)24-17(2)27-25(33-24)28-23(30)13-18-5-3-4-6-18/h7-12,14,18,29H,3-6,13H2,1-2H3,(H,27,28,30). The van der Waals surface area contributed by atoms with Crippen LogP contribution in [0.15, 0.2) is 47.4 Å². The predicted molar refractivity (Wildman–Crippen MR) is 134 cm³/mol. The van der Waals surface area contributed by atoms with E-state index in [1.54, 1.807) is 43.3 Å². The molecule has 0 atom stereocenters. The lowest BCUT2D eigenvalue weighted by molar-refractivity contribution is -0.117. The summed E-state index contributed by atoms with van der Waals surface area (Å²) in [7, 11) is -3.85. The van der Waals surface area contributed by atoms with E-state index in [0.717, 1.165) is 29.0 Å². The normalized spacial score (nSPS) is 14.0. The van der Waals surface area contributed by atoms with E-state index in [0.29, 0.717) is 34.3 Å². The summed E-state index contributed by atoms with van der Waals surface area (Å²) < 4.78 is 28.8. The van der Waals surface area contributed by atoms with Crippen molar-refractivity contribution in [3.05, 3.63) is 59.3 Å². The van der Waals surface area contributed by atoms with E-state index in [4.69, 9.17) is 5.26 Å². The van der Waals surface area contributed by atoms with Crippen molar-refractivity contribution in [1.82, 2.24) is 4.98 Å². The molecule has 0 spiro atoms. The molecule has 0 radical (unpaired) electrons. The maximum absolute atomic E-state index is 13.1. The van der Waals surface area contributed by atoms with Crippen molar-refractivity contribution >= 4 is 38.1 Å². The molecule has 1 aliphatic carbocycles. The van der Waals surface area contributed by atoms with Crippen LogP contribution in [0.25, 0.3) is 10.4 Å². The lowest BCUT2D eigenvalue weighted by Crippen LogP contribution is -2.14. The molecule has 1 aliphatic rings. The van der Waals surface area contributed by atoms with Crippen molar-refractivity contribution in [2.24, 2.45) is 5.92 Å². The van der Waals surface area contributed by atoms with Crippen LogP contribution in [0.2, 0.25) is 0 Å². The lowest BCUT2D eigenvalue weighted by atomic mass is 10.0. The zero-order valence-corrected chi connectivity index (χ0v) is 20.7. The topological polar surface area (TPSA) is 112 Å². The summed E-state index contributed by atoms with van der Waals surface area (Å²) in [5.41, 5.74) is 2.89. The maximum Gasteiger partial charge on any atom is 0.262 e. The molecule has 1 saturated carbocycles. The first-order valence-electron chi connectivity index (χ1n) is 11.2. The van der Waals surface area contributed by atoms with Crippen molar-refractivity contribution in [2.45, 2.75) is 50.8 Å². The molecule has 4 rings (SSSR count). The molecule has 0 aliphatic heterocycles. The number of sulfonamides is 1. The fourth-order valence-electron chi connectivity index (χ4n) is 4.22. The Morgan fingerprint density at radius 3 is 2.53 bits per heavy atom. The SMILES string of the molecule is Cc1ccc(-c2sc(NC(=O)CC3CCCC3)nc2C)cc1S(=O)(=O)Nc1ccc(C#N)cc1. The highest BCUT2D eigenvalue weighted by Crippen LogP contribution is 2.35. The smallest absolute Gasteiger partial charge is 0.262 e. The molecular formula is C25H26N4O3S2. The number of rotatable bonds is 7. The summed E-state index contributed by atoms with van der Waals surface area (Å²) in [5, 5.41) is 12.4. The van der Waals surface area contributed by atoms with Gasteiger partial charge in [0, 0.05) is 12.1 Å². The largest absolute Gasteiger partial charge is 0.302 e. The third kappa shape index (κ3) is 5.46. The van der Waals surface area contributed by atoms with E-state index < -0.39 is 10.0 Å². The van der Waals surface area contributed by atoms with Gasteiger partial charge in [-0.25, -0.2) is 13.4 Å². The second-order valence-electron chi connectivity index (χ2n) is 8.61. The van der Waals surface area contributed by atoms with Crippen LogP contribution < -0.4 is 10.0 Å². The Hall–Kier alpha value is -3.22. The Morgan fingerprint density at radius 2 is 1.85 bits per heavy atom. The van der Waals surface area contributed by atoms with E-state index >= 15 is 0 Å². The summed E-state index contributed by atoms with van der Waals surface area (Å²) in [6, 6.07) is 13.5. The van der Waals surface area contributed by atoms with E-state index in [-0.39, 0.29) is 10.8 Å². The van der Waals surface area contributed by atoms with Crippen LogP contribution in [0, 0.1) is 31.1 Å². The van der Waals surface area contributed by atoms with Crippen LogP contribution in [-0.2, 0) is 14.8 Å². The molecule has 1 fully saturated rings. The quantitative estimate of drug-likeness (QED) is 0.443. The summed E-state index contributed by atoms with van der Waals surface area (Å²) in [6.07, 6.45) is 5.11. The number of amides is 1. The van der Waals surface area contributed by atoms with Crippen LogP contribution >= 0.6 is 11.3 Å². The Bertz CT molecular complexity index is 1350.